The third kappa shape index (κ3) is 5.76. The minimum Gasteiger partial charge on any atom is -0.494 e. The van der Waals surface area contributed by atoms with E-state index in [0.717, 1.165) is 16.9 Å². The van der Waals surface area contributed by atoms with Gasteiger partial charge in [-0.3, -0.25) is 20.4 Å². The Bertz CT molecular complexity index is 696. The average Bonchev–Trinajstić information content (AvgIpc) is 2.57. The van der Waals surface area contributed by atoms with Crippen molar-refractivity contribution in [2.24, 2.45) is 0 Å². The van der Waals surface area contributed by atoms with Crippen LogP contribution in [0.5, 0.6) is 5.75 Å². The molecule has 126 valence electrons. The maximum Gasteiger partial charge on any atom is 0.269 e. The summed E-state index contributed by atoms with van der Waals surface area (Å²) in [5.41, 5.74) is 7.52. The number of hydrazine groups is 1. The Morgan fingerprint density at radius 2 is 1.71 bits per heavy atom. The number of rotatable bonds is 6. The average molecular weight is 326 g/mol. The highest BCUT2D eigenvalue weighted by Gasteiger charge is 2.07. The van der Waals surface area contributed by atoms with E-state index in [1.165, 1.54) is 0 Å². The Hall–Kier alpha value is -2.82. The van der Waals surface area contributed by atoms with E-state index in [1.54, 1.807) is 12.1 Å². The summed E-state index contributed by atoms with van der Waals surface area (Å²) in [4.78, 5) is 23.6. The van der Waals surface area contributed by atoms with Gasteiger partial charge in [0, 0.05) is 12.0 Å². The normalized spacial score (nSPS) is 10.1. The number of hydrogen-bond acceptors (Lipinski definition) is 3. The first-order valence-corrected chi connectivity index (χ1v) is 7.90. The predicted octanol–water partition coefficient (Wildman–Crippen LogP) is 2.92. The number of nitrogens with one attached hydrogen (secondary N) is 2. The van der Waals surface area contributed by atoms with Gasteiger partial charge in [-0.25, -0.2) is 0 Å². The standard InChI is InChI=1S/C19H22N2O3/c1-14-8-10-16(11-9-14)19(23)21-20-18(22)7-4-12-24-17-6-3-5-15(2)13-17/h3,5-6,8-11,13H,4,7,12H2,1-2H3,(H,20,22)(H,21,23). The molecular formula is C19H22N2O3. The molecule has 0 spiro atoms. The van der Waals surface area contributed by atoms with Crippen LogP contribution in [0.3, 0.4) is 0 Å². The van der Waals surface area contributed by atoms with Crippen molar-refractivity contribution in [3.8, 4) is 5.75 Å². The first-order valence-electron chi connectivity index (χ1n) is 7.90. The number of carbonyl (C=O) groups is 2. The van der Waals surface area contributed by atoms with Gasteiger partial charge in [-0.1, -0.05) is 29.8 Å². The number of benzene rings is 2. The van der Waals surface area contributed by atoms with E-state index in [9.17, 15) is 9.59 Å². The Morgan fingerprint density at radius 3 is 2.42 bits per heavy atom. The maximum absolute atomic E-state index is 11.9. The van der Waals surface area contributed by atoms with Crippen LogP contribution in [0.15, 0.2) is 48.5 Å². The predicted molar refractivity (Wildman–Crippen MR) is 92.7 cm³/mol. The number of amides is 2. The van der Waals surface area contributed by atoms with Crippen molar-refractivity contribution in [3.05, 3.63) is 65.2 Å². The highest BCUT2D eigenvalue weighted by atomic mass is 16.5. The second-order valence-corrected chi connectivity index (χ2v) is 5.64. The molecule has 5 heteroatoms. The number of aryl methyl sites for hydroxylation is 2. The molecule has 0 heterocycles. The lowest BCUT2D eigenvalue weighted by Crippen LogP contribution is -2.41. The molecule has 2 aromatic carbocycles. The molecule has 2 aromatic rings. The smallest absolute Gasteiger partial charge is 0.269 e. The summed E-state index contributed by atoms with van der Waals surface area (Å²) in [7, 11) is 0. The van der Waals surface area contributed by atoms with Crippen LogP contribution in [0, 0.1) is 13.8 Å². The Morgan fingerprint density at radius 1 is 0.958 bits per heavy atom. The molecule has 24 heavy (non-hydrogen) atoms. The van der Waals surface area contributed by atoms with Crippen LogP contribution in [0.4, 0.5) is 0 Å². The summed E-state index contributed by atoms with van der Waals surface area (Å²) in [6.45, 7) is 4.39. The van der Waals surface area contributed by atoms with Gasteiger partial charge in [0.2, 0.25) is 5.91 Å². The lowest BCUT2D eigenvalue weighted by molar-refractivity contribution is -0.122. The molecule has 0 unspecified atom stereocenters. The molecule has 2 rings (SSSR count). The molecule has 0 saturated heterocycles. The SMILES string of the molecule is Cc1ccc(C(=O)NNC(=O)CCCOc2cccc(C)c2)cc1. The van der Waals surface area contributed by atoms with Crippen molar-refractivity contribution in [1.82, 2.24) is 10.9 Å². The van der Waals surface area contributed by atoms with Crippen LogP contribution in [-0.2, 0) is 4.79 Å². The first-order chi connectivity index (χ1) is 11.5. The van der Waals surface area contributed by atoms with Gasteiger partial charge in [0.1, 0.15) is 5.75 Å². The molecule has 0 saturated carbocycles. The van der Waals surface area contributed by atoms with Crippen LogP contribution >= 0.6 is 0 Å². The molecule has 0 bridgehead atoms. The zero-order valence-corrected chi connectivity index (χ0v) is 14.0. The Balaban J connectivity index is 1.64. The van der Waals surface area contributed by atoms with Gasteiger partial charge in [-0.15, -0.1) is 0 Å². The maximum atomic E-state index is 11.9. The van der Waals surface area contributed by atoms with E-state index in [1.807, 2.05) is 50.2 Å². The lowest BCUT2D eigenvalue weighted by atomic mass is 10.1. The molecule has 2 N–H and O–H groups in total. The second-order valence-electron chi connectivity index (χ2n) is 5.64. The van der Waals surface area contributed by atoms with Gasteiger partial charge in [-0.05, 0) is 50.1 Å². The molecule has 0 atom stereocenters. The molecular weight excluding hydrogens is 304 g/mol. The number of ether oxygens (including phenoxy) is 1. The van der Waals surface area contributed by atoms with Crippen molar-refractivity contribution in [2.45, 2.75) is 26.7 Å². The van der Waals surface area contributed by atoms with Crippen molar-refractivity contribution in [1.29, 1.82) is 0 Å². The summed E-state index contributed by atoms with van der Waals surface area (Å²) in [6.07, 6.45) is 0.847. The van der Waals surface area contributed by atoms with E-state index in [0.29, 0.717) is 18.6 Å². The molecule has 2 amide bonds. The van der Waals surface area contributed by atoms with E-state index < -0.39 is 0 Å². The summed E-state index contributed by atoms with van der Waals surface area (Å²) in [5.74, 6) is 0.214. The first kappa shape index (κ1) is 17.5. The lowest BCUT2D eigenvalue weighted by Gasteiger charge is -2.09. The fourth-order valence-electron chi connectivity index (χ4n) is 2.09. The van der Waals surface area contributed by atoms with Gasteiger partial charge in [-0.2, -0.15) is 0 Å². The fourth-order valence-corrected chi connectivity index (χ4v) is 2.09. The van der Waals surface area contributed by atoms with E-state index in [4.69, 9.17) is 4.74 Å². The zero-order valence-electron chi connectivity index (χ0n) is 14.0. The molecule has 0 aliphatic rings. The molecule has 0 fully saturated rings. The monoisotopic (exact) mass is 326 g/mol. The van der Waals surface area contributed by atoms with Crippen molar-refractivity contribution >= 4 is 11.8 Å². The molecule has 0 radical (unpaired) electrons. The zero-order chi connectivity index (χ0) is 17.4. The molecule has 0 aromatic heterocycles. The minimum atomic E-state index is -0.334. The largest absolute Gasteiger partial charge is 0.494 e. The number of carbonyl (C=O) groups excluding carboxylic acids is 2. The van der Waals surface area contributed by atoms with E-state index >= 15 is 0 Å². The quantitative estimate of drug-likeness (QED) is 0.633. The van der Waals surface area contributed by atoms with Gasteiger partial charge in [0.15, 0.2) is 0 Å². The van der Waals surface area contributed by atoms with Crippen LogP contribution in [-0.4, -0.2) is 18.4 Å². The summed E-state index contributed by atoms with van der Waals surface area (Å²) in [6, 6.07) is 14.9. The van der Waals surface area contributed by atoms with Gasteiger partial charge in [0.25, 0.3) is 5.91 Å². The minimum absolute atomic E-state index is 0.247. The van der Waals surface area contributed by atoms with Gasteiger partial charge < -0.3 is 4.74 Å². The van der Waals surface area contributed by atoms with Crippen molar-refractivity contribution in [3.63, 3.8) is 0 Å². The second kappa shape index (κ2) is 8.72. The topological polar surface area (TPSA) is 67.4 Å². The van der Waals surface area contributed by atoms with Crippen LogP contribution < -0.4 is 15.6 Å². The Kier molecular flexibility index (Phi) is 6.37. The number of hydrogen-bond donors (Lipinski definition) is 2. The third-order valence-corrected chi connectivity index (χ3v) is 3.44. The van der Waals surface area contributed by atoms with Crippen LogP contribution in [0.1, 0.15) is 34.3 Å². The molecule has 0 aliphatic carbocycles. The highest BCUT2D eigenvalue weighted by Crippen LogP contribution is 2.12. The highest BCUT2D eigenvalue weighted by molar-refractivity contribution is 5.95. The fraction of sp³-hybridized carbons (Fsp3) is 0.263. The van der Waals surface area contributed by atoms with Gasteiger partial charge in [0.05, 0.1) is 6.61 Å². The third-order valence-electron chi connectivity index (χ3n) is 3.44. The Labute approximate surface area is 142 Å². The van der Waals surface area contributed by atoms with E-state index in [-0.39, 0.29) is 18.2 Å². The van der Waals surface area contributed by atoms with Crippen molar-refractivity contribution < 1.29 is 14.3 Å². The van der Waals surface area contributed by atoms with Crippen LogP contribution in [0.2, 0.25) is 0 Å². The summed E-state index contributed by atoms with van der Waals surface area (Å²) < 4.78 is 5.58. The van der Waals surface area contributed by atoms with Crippen LogP contribution in [0.25, 0.3) is 0 Å². The van der Waals surface area contributed by atoms with E-state index in [2.05, 4.69) is 10.9 Å². The summed E-state index contributed by atoms with van der Waals surface area (Å²) >= 11 is 0. The molecule has 5 nitrogen and oxygen atoms in total. The summed E-state index contributed by atoms with van der Waals surface area (Å²) in [5, 5.41) is 0. The van der Waals surface area contributed by atoms with Gasteiger partial charge >= 0.3 is 0 Å². The molecule has 0 aliphatic heterocycles. The van der Waals surface area contributed by atoms with Crippen molar-refractivity contribution in [2.75, 3.05) is 6.61 Å².